The molecule has 0 unspecified atom stereocenters. The van der Waals surface area contributed by atoms with E-state index in [1.807, 2.05) is 0 Å². The van der Waals surface area contributed by atoms with Crippen LogP contribution in [0.1, 0.15) is 0 Å². The molecular formula is C7H2F14N2. The van der Waals surface area contributed by atoms with E-state index in [0.717, 1.165) is 0 Å². The molecule has 0 radical (unpaired) electrons. The molecule has 0 N–H and O–H groups in total. The van der Waals surface area contributed by atoms with E-state index in [4.69, 9.17) is 0 Å². The maximum atomic E-state index is 13.1. The van der Waals surface area contributed by atoms with Crippen molar-refractivity contribution < 1.29 is 61.5 Å². The average molecular weight is 380 g/mol. The zero-order chi connectivity index (χ0) is 18.9. The van der Waals surface area contributed by atoms with Crippen LogP contribution in [0, 0.1) is 0 Å². The highest BCUT2D eigenvalue weighted by Gasteiger charge is 2.92. The van der Waals surface area contributed by atoms with Crippen LogP contribution in [0.15, 0.2) is 0 Å². The van der Waals surface area contributed by atoms with Gasteiger partial charge in [0.2, 0.25) is 0 Å². The molecule has 0 aromatic heterocycles. The predicted molar refractivity (Wildman–Crippen MR) is 40.4 cm³/mol. The van der Waals surface area contributed by atoms with Crippen molar-refractivity contribution in [2.75, 3.05) is 6.67 Å². The summed E-state index contributed by atoms with van der Waals surface area (Å²) in [4.78, 5) is -7.41. The van der Waals surface area contributed by atoms with Crippen molar-refractivity contribution in [3.63, 3.8) is 0 Å². The van der Waals surface area contributed by atoms with E-state index in [0.29, 0.717) is 0 Å². The smallest absolute Gasteiger partial charge is 0.243 e. The molecule has 1 aliphatic rings. The Hall–Kier alpha value is -1.06. The lowest BCUT2D eigenvalue weighted by molar-refractivity contribution is -0.571. The van der Waals surface area contributed by atoms with Gasteiger partial charge in [0.15, 0.2) is 6.67 Å². The summed E-state index contributed by atoms with van der Waals surface area (Å²) in [6, 6.07) is -35.3. The summed E-state index contributed by atoms with van der Waals surface area (Å²) < 4.78 is 179. The second-order valence-electron chi connectivity index (χ2n) is 4.10. The zero-order valence-electron chi connectivity index (χ0n) is 9.89. The van der Waals surface area contributed by atoms with Crippen LogP contribution >= 0.6 is 0 Å². The Morgan fingerprint density at radius 3 is 1.04 bits per heavy atom. The summed E-state index contributed by atoms with van der Waals surface area (Å²) in [6.45, 7) is -3.59. The fourth-order valence-corrected chi connectivity index (χ4v) is 1.68. The van der Waals surface area contributed by atoms with Crippen LogP contribution in [0.25, 0.3) is 0 Å². The van der Waals surface area contributed by atoms with Gasteiger partial charge in [-0.3, -0.25) is 0 Å². The maximum absolute atomic E-state index is 13.1. The van der Waals surface area contributed by atoms with Gasteiger partial charge in [0.25, 0.3) is 0 Å². The first-order valence-corrected chi connectivity index (χ1v) is 4.92. The Labute approximate surface area is 116 Å². The highest BCUT2D eigenvalue weighted by molar-refractivity contribution is 5.05. The summed E-state index contributed by atoms with van der Waals surface area (Å²) >= 11 is 0. The van der Waals surface area contributed by atoms with Gasteiger partial charge in [0.05, 0.1) is 0 Å². The molecular weight excluding hydrogens is 378 g/mol. The van der Waals surface area contributed by atoms with Crippen LogP contribution in [0.2, 0.25) is 0 Å². The number of hydrogen-bond donors (Lipinski definition) is 0. The van der Waals surface area contributed by atoms with Gasteiger partial charge in [-0.05, 0) is 0 Å². The van der Waals surface area contributed by atoms with Gasteiger partial charge in [0, 0.05) is 0 Å². The Morgan fingerprint density at radius 2 is 0.826 bits per heavy atom. The van der Waals surface area contributed by atoms with Gasteiger partial charge >= 0.3 is 36.5 Å². The molecule has 138 valence electrons. The molecule has 1 aliphatic heterocycles. The molecule has 0 atom stereocenters. The number of alkyl halides is 14. The van der Waals surface area contributed by atoms with Crippen molar-refractivity contribution in [3.8, 4) is 0 Å². The topological polar surface area (TPSA) is 6.48 Å². The Morgan fingerprint density at radius 1 is 0.565 bits per heavy atom. The van der Waals surface area contributed by atoms with Gasteiger partial charge < -0.3 is 0 Å². The van der Waals surface area contributed by atoms with Gasteiger partial charge in [-0.2, -0.15) is 57.1 Å². The molecule has 23 heavy (non-hydrogen) atoms. The molecule has 2 nitrogen and oxygen atoms in total. The number of nitrogens with zero attached hydrogens (tertiary/aromatic N) is 2. The monoisotopic (exact) mass is 380 g/mol. The molecule has 0 amide bonds. The largest absolute Gasteiger partial charge is 0.469 e. The van der Waals surface area contributed by atoms with E-state index >= 15 is 0 Å². The van der Waals surface area contributed by atoms with Crippen molar-refractivity contribution in [3.05, 3.63) is 0 Å². The highest BCUT2D eigenvalue weighted by Crippen LogP contribution is 2.62. The van der Waals surface area contributed by atoms with Gasteiger partial charge in [-0.15, -0.1) is 4.90 Å². The summed E-state index contributed by atoms with van der Waals surface area (Å²) in [7, 11) is 0. The van der Waals surface area contributed by atoms with Crippen molar-refractivity contribution in [2.45, 2.75) is 36.5 Å². The van der Waals surface area contributed by atoms with Crippen molar-refractivity contribution >= 4 is 0 Å². The predicted octanol–water partition coefficient (Wildman–Crippen LogP) is 4.06. The standard InChI is InChI=1S/C7H2F14N2/c8-1-2(9,10)22-3(11,12)5(15,16)23(7(19,20)21)6(17,18)4(22,13)14/h1H2. The molecule has 1 fully saturated rings. The lowest BCUT2D eigenvalue weighted by Crippen LogP contribution is -2.85. The quantitative estimate of drug-likeness (QED) is 0.527. The first-order valence-electron chi connectivity index (χ1n) is 4.92. The van der Waals surface area contributed by atoms with Gasteiger partial charge in [-0.1, -0.05) is 4.90 Å². The van der Waals surface area contributed by atoms with Crippen molar-refractivity contribution in [1.82, 2.24) is 9.80 Å². The fourth-order valence-electron chi connectivity index (χ4n) is 1.68. The van der Waals surface area contributed by atoms with Crippen LogP contribution in [0.3, 0.4) is 0 Å². The van der Waals surface area contributed by atoms with E-state index in [2.05, 4.69) is 0 Å². The van der Waals surface area contributed by atoms with E-state index in [1.165, 1.54) is 0 Å². The third-order valence-corrected chi connectivity index (χ3v) is 2.59. The second kappa shape index (κ2) is 4.73. The summed E-state index contributed by atoms with van der Waals surface area (Å²) in [5.41, 5.74) is 0. The summed E-state index contributed by atoms with van der Waals surface area (Å²) in [5.74, 6) is 0. The normalized spacial score (nSPS) is 27.9. The number of piperazine rings is 1. The summed E-state index contributed by atoms with van der Waals surface area (Å²) in [6.07, 6.45) is -7.18. The minimum atomic E-state index is -7.28. The highest BCUT2D eigenvalue weighted by atomic mass is 19.4. The Balaban J connectivity index is 3.78. The number of halogens is 14. The summed E-state index contributed by atoms with van der Waals surface area (Å²) in [5, 5.41) is 0. The molecule has 0 saturated carbocycles. The van der Waals surface area contributed by atoms with E-state index in [9.17, 15) is 61.5 Å². The van der Waals surface area contributed by atoms with Crippen LogP contribution < -0.4 is 0 Å². The lowest BCUT2D eigenvalue weighted by atomic mass is 10.1. The third-order valence-electron chi connectivity index (χ3n) is 2.59. The van der Waals surface area contributed by atoms with Crippen molar-refractivity contribution in [1.29, 1.82) is 0 Å². The fraction of sp³-hybridized carbons (Fsp3) is 1.00. The molecule has 1 heterocycles. The third kappa shape index (κ3) is 2.40. The average Bonchev–Trinajstić information content (AvgIpc) is 2.22. The molecule has 16 heteroatoms. The number of hydrogen-bond acceptors (Lipinski definition) is 2. The minimum Gasteiger partial charge on any atom is -0.243 e. The molecule has 0 bridgehead atoms. The van der Waals surface area contributed by atoms with E-state index in [1.54, 1.807) is 0 Å². The van der Waals surface area contributed by atoms with E-state index < -0.39 is 53.0 Å². The zero-order valence-corrected chi connectivity index (χ0v) is 9.89. The Bertz CT molecular complexity index is 438. The van der Waals surface area contributed by atoms with E-state index in [-0.39, 0.29) is 0 Å². The van der Waals surface area contributed by atoms with Crippen LogP contribution in [-0.4, -0.2) is 53.0 Å². The first-order chi connectivity index (χ1) is 9.79. The number of rotatable bonds is 2. The first kappa shape index (κ1) is 20.0. The minimum absolute atomic E-state index is 3.56. The Kier molecular flexibility index (Phi) is 4.11. The lowest BCUT2D eigenvalue weighted by Gasteiger charge is -2.54. The van der Waals surface area contributed by atoms with Crippen LogP contribution in [-0.2, 0) is 0 Å². The van der Waals surface area contributed by atoms with Crippen LogP contribution in [0.5, 0.6) is 0 Å². The molecule has 0 aromatic rings. The SMILES string of the molecule is FCC(F)(F)N1C(F)(F)C(F)(F)N(C(F)(F)F)C(F)(F)C1(F)F. The molecule has 0 aliphatic carbocycles. The second-order valence-corrected chi connectivity index (χ2v) is 4.10. The molecule has 1 saturated heterocycles. The molecule has 1 rings (SSSR count). The molecule has 0 aromatic carbocycles. The van der Waals surface area contributed by atoms with Crippen LogP contribution in [0.4, 0.5) is 61.5 Å². The van der Waals surface area contributed by atoms with Crippen molar-refractivity contribution in [2.24, 2.45) is 0 Å². The van der Waals surface area contributed by atoms with Gasteiger partial charge in [0.1, 0.15) is 0 Å². The van der Waals surface area contributed by atoms with Gasteiger partial charge in [-0.25, -0.2) is 4.39 Å². The molecule has 0 spiro atoms. The maximum Gasteiger partial charge on any atom is 0.469 e.